The summed E-state index contributed by atoms with van der Waals surface area (Å²) in [4.78, 5) is 42.2. The van der Waals surface area contributed by atoms with Crippen LogP contribution in [0.25, 0.3) is 0 Å². The van der Waals surface area contributed by atoms with Crippen LogP contribution in [0.2, 0.25) is 0 Å². The minimum atomic E-state index is -4.86. The number of hydrogen-bond acceptors (Lipinski definition) is 4. The third-order valence-corrected chi connectivity index (χ3v) is 5.57. The molecule has 0 unspecified atom stereocenters. The molecule has 1 aliphatic carbocycles. The lowest BCUT2D eigenvalue weighted by molar-refractivity contribution is -0.137. The third kappa shape index (κ3) is 3.85. The fourth-order valence-electron chi connectivity index (χ4n) is 4.06. The van der Waals surface area contributed by atoms with Gasteiger partial charge in [-0.1, -0.05) is 25.3 Å². The number of anilines is 2. The highest BCUT2D eigenvalue weighted by molar-refractivity contribution is 6.23. The first-order chi connectivity index (χ1) is 14.7. The predicted molar refractivity (Wildman–Crippen MR) is 105 cm³/mol. The van der Waals surface area contributed by atoms with E-state index in [4.69, 9.17) is 0 Å². The Bertz CT molecular complexity index is 1030. The Balaban J connectivity index is 1.68. The zero-order valence-corrected chi connectivity index (χ0v) is 16.3. The average Bonchev–Trinajstić information content (AvgIpc) is 2.97. The van der Waals surface area contributed by atoms with Crippen LogP contribution >= 0.6 is 0 Å². The molecule has 0 atom stereocenters. The Morgan fingerprint density at radius 2 is 1.84 bits per heavy atom. The topological polar surface area (TPSA) is 91.4 Å². The van der Waals surface area contributed by atoms with E-state index in [0.717, 1.165) is 12.5 Å². The van der Waals surface area contributed by atoms with Crippen LogP contribution in [0.3, 0.4) is 0 Å². The zero-order valence-electron chi connectivity index (χ0n) is 16.3. The molecule has 4 amide bonds. The fourth-order valence-corrected chi connectivity index (χ4v) is 4.06. The molecule has 162 valence electrons. The molecule has 2 aromatic rings. The molecule has 2 aliphatic rings. The van der Waals surface area contributed by atoms with Gasteiger partial charge in [-0.05, 0) is 43.2 Å². The van der Waals surface area contributed by atoms with Crippen LogP contribution in [0.5, 0.6) is 0 Å². The van der Waals surface area contributed by atoms with Crippen molar-refractivity contribution >= 4 is 29.2 Å². The van der Waals surface area contributed by atoms with Gasteiger partial charge in [-0.15, -0.1) is 0 Å². The first-order valence-corrected chi connectivity index (χ1v) is 9.82. The van der Waals surface area contributed by atoms with Crippen LogP contribution in [0.4, 0.5) is 29.3 Å². The van der Waals surface area contributed by atoms with Crippen molar-refractivity contribution in [1.29, 1.82) is 0 Å². The smallest absolute Gasteiger partial charge is 0.323 e. The fraction of sp³-hybridized carbons (Fsp3) is 0.333. The number of urea groups is 1. The maximum atomic E-state index is 13.8. The van der Waals surface area contributed by atoms with Crippen LogP contribution < -0.4 is 15.5 Å². The van der Waals surface area contributed by atoms with Gasteiger partial charge in [0, 0.05) is 11.9 Å². The van der Waals surface area contributed by atoms with Gasteiger partial charge in [0.1, 0.15) is 11.2 Å². The standard InChI is InChI=1S/C21H19F3N4O3/c22-21(23,24)14-12-13(26-17(29)15-6-2-5-11-25-15)7-8-16(14)28-18(30)20(27-19(28)31)9-3-1-4-10-20/h2,5-8,11-12H,1,3-4,9-10H2,(H,26,29)(H,27,31). The van der Waals surface area contributed by atoms with E-state index >= 15 is 0 Å². The molecule has 1 saturated heterocycles. The number of alkyl halides is 3. The molecule has 4 rings (SSSR count). The van der Waals surface area contributed by atoms with E-state index in [2.05, 4.69) is 15.6 Å². The van der Waals surface area contributed by atoms with Gasteiger partial charge in [0.2, 0.25) is 0 Å². The number of nitrogens with zero attached hydrogens (tertiary/aromatic N) is 2. The molecule has 2 heterocycles. The summed E-state index contributed by atoms with van der Waals surface area (Å²) in [5.41, 5.74) is -3.00. The molecule has 0 bridgehead atoms. The number of aromatic nitrogens is 1. The largest absolute Gasteiger partial charge is 0.418 e. The summed E-state index contributed by atoms with van der Waals surface area (Å²) in [6, 6.07) is 6.68. The molecule has 2 N–H and O–H groups in total. The second-order valence-corrected chi connectivity index (χ2v) is 7.61. The predicted octanol–water partition coefficient (Wildman–Crippen LogP) is 4.11. The average molecular weight is 432 g/mol. The van der Waals surface area contributed by atoms with Crippen LogP contribution in [-0.2, 0) is 11.0 Å². The lowest BCUT2D eigenvalue weighted by Crippen LogP contribution is -2.48. The molecule has 1 spiro atoms. The summed E-state index contributed by atoms with van der Waals surface area (Å²) in [5, 5.41) is 4.97. The number of carbonyl (C=O) groups is 3. The third-order valence-electron chi connectivity index (χ3n) is 5.57. The van der Waals surface area contributed by atoms with E-state index < -0.39 is 40.8 Å². The molecule has 1 aromatic carbocycles. The van der Waals surface area contributed by atoms with Crippen LogP contribution in [0, 0.1) is 0 Å². The van der Waals surface area contributed by atoms with E-state index in [9.17, 15) is 27.6 Å². The summed E-state index contributed by atoms with van der Waals surface area (Å²) in [6.45, 7) is 0. The summed E-state index contributed by atoms with van der Waals surface area (Å²) < 4.78 is 41.5. The first kappa shape index (κ1) is 20.8. The molecule has 0 radical (unpaired) electrons. The minimum Gasteiger partial charge on any atom is -0.323 e. The van der Waals surface area contributed by atoms with Crippen molar-refractivity contribution in [2.45, 2.75) is 43.8 Å². The van der Waals surface area contributed by atoms with E-state index in [0.29, 0.717) is 36.6 Å². The summed E-state index contributed by atoms with van der Waals surface area (Å²) in [6.07, 6.45) is -0.346. The molecule has 1 aliphatic heterocycles. The van der Waals surface area contributed by atoms with Gasteiger partial charge in [-0.3, -0.25) is 14.6 Å². The van der Waals surface area contributed by atoms with Crippen molar-refractivity contribution in [2.24, 2.45) is 0 Å². The molecule has 31 heavy (non-hydrogen) atoms. The maximum absolute atomic E-state index is 13.8. The first-order valence-electron chi connectivity index (χ1n) is 9.82. The Morgan fingerprint density at radius 1 is 1.10 bits per heavy atom. The molecule has 7 nitrogen and oxygen atoms in total. The van der Waals surface area contributed by atoms with Crippen LogP contribution in [-0.4, -0.2) is 28.4 Å². The van der Waals surface area contributed by atoms with Crippen molar-refractivity contribution < 1.29 is 27.6 Å². The minimum absolute atomic E-state index is 0.0356. The quantitative estimate of drug-likeness (QED) is 0.714. The van der Waals surface area contributed by atoms with E-state index in [1.807, 2.05) is 0 Å². The molecule has 2 fully saturated rings. The van der Waals surface area contributed by atoms with E-state index in [1.165, 1.54) is 18.3 Å². The summed E-state index contributed by atoms with van der Waals surface area (Å²) in [5.74, 6) is -1.36. The lowest BCUT2D eigenvalue weighted by atomic mass is 9.81. The van der Waals surface area contributed by atoms with Gasteiger partial charge in [0.25, 0.3) is 11.8 Å². The summed E-state index contributed by atoms with van der Waals surface area (Å²) >= 11 is 0. The normalized spacial score (nSPS) is 18.2. The number of hydrogen-bond donors (Lipinski definition) is 2. The lowest BCUT2D eigenvalue weighted by Gasteiger charge is -2.30. The van der Waals surface area contributed by atoms with Crippen LogP contribution in [0.15, 0.2) is 42.6 Å². The van der Waals surface area contributed by atoms with Gasteiger partial charge in [-0.2, -0.15) is 13.2 Å². The maximum Gasteiger partial charge on any atom is 0.418 e. The van der Waals surface area contributed by atoms with Crippen molar-refractivity contribution in [3.05, 3.63) is 53.9 Å². The van der Waals surface area contributed by atoms with Crippen molar-refractivity contribution in [3.63, 3.8) is 0 Å². The van der Waals surface area contributed by atoms with Crippen molar-refractivity contribution in [3.8, 4) is 0 Å². The van der Waals surface area contributed by atoms with Crippen molar-refractivity contribution in [2.75, 3.05) is 10.2 Å². The SMILES string of the molecule is O=C(Nc1ccc(N2C(=O)NC3(CCCCC3)C2=O)c(C(F)(F)F)c1)c1ccccn1. The van der Waals surface area contributed by atoms with Crippen molar-refractivity contribution in [1.82, 2.24) is 10.3 Å². The number of amides is 4. The molecular weight excluding hydrogens is 413 g/mol. The number of pyridine rings is 1. The Morgan fingerprint density at radius 3 is 2.48 bits per heavy atom. The highest BCUT2D eigenvalue weighted by Gasteiger charge is 2.53. The highest BCUT2D eigenvalue weighted by Crippen LogP contribution is 2.42. The Hall–Kier alpha value is -3.43. The molecule has 10 heteroatoms. The van der Waals surface area contributed by atoms with Gasteiger partial charge >= 0.3 is 12.2 Å². The van der Waals surface area contributed by atoms with Gasteiger partial charge < -0.3 is 10.6 Å². The second-order valence-electron chi connectivity index (χ2n) is 7.61. The molecule has 1 saturated carbocycles. The number of nitrogens with one attached hydrogen (secondary N) is 2. The molecular formula is C21H19F3N4O3. The van der Waals surface area contributed by atoms with Gasteiger partial charge in [-0.25, -0.2) is 9.69 Å². The Labute approximate surface area is 175 Å². The number of carbonyl (C=O) groups excluding carboxylic acids is 3. The van der Waals surface area contributed by atoms with E-state index in [-0.39, 0.29) is 11.4 Å². The number of benzene rings is 1. The zero-order chi connectivity index (χ0) is 22.2. The number of halogens is 3. The number of imide groups is 1. The van der Waals surface area contributed by atoms with Gasteiger partial charge in [0.15, 0.2) is 0 Å². The monoisotopic (exact) mass is 432 g/mol. The van der Waals surface area contributed by atoms with Gasteiger partial charge in [0.05, 0.1) is 11.3 Å². The molecule has 1 aromatic heterocycles. The second kappa shape index (κ2) is 7.68. The van der Waals surface area contributed by atoms with E-state index in [1.54, 1.807) is 12.1 Å². The Kier molecular flexibility index (Phi) is 5.16. The number of rotatable bonds is 3. The summed E-state index contributed by atoms with van der Waals surface area (Å²) in [7, 11) is 0. The van der Waals surface area contributed by atoms with Crippen LogP contribution in [0.1, 0.15) is 48.2 Å². The highest BCUT2D eigenvalue weighted by atomic mass is 19.4.